The number of carbonyl (C=O) groups excluding carboxylic acids is 1. The molecule has 0 aliphatic heterocycles. The van der Waals surface area contributed by atoms with E-state index in [2.05, 4.69) is 19.2 Å². The van der Waals surface area contributed by atoms with Gasteiger partial charge in [-0.1, -0.05) is 50.4 Å². The first-order valence-corrected chi connectivity index (χ1v) is 8.61. The van der Waals surface area contributed by atoms with Gasteiger partial charge in [-0.25, -0.2) is 0 Å². The zero-order chi connectivity index (χ0) is 14.5. The smallest absolute Gasteiger partial charge is 0.230 e. The molecular weight excluding hydrogens is 290 g/mol. The van der Waals surface area contributed by atoms with Crippen molar-refractivity contribution in [2.75, 3.05) is 5.75 Å². The van der Waals surface area contributed by atoms with E-state index in [1.807, 2.05) is 24.3 Å². The van der Waals surface area contributed by atoms with Crippen LogP contribution in [0.4, 0.5) is 0 Å². The van der Waals surface area contributed by atoms with Gasteiger partial charge in [0, 0.05) is 10.9 Å². The molecule has 0 radical (unpaired) electrons. The van der Waals surface area contributed by atoms with E-state index in [0.29, 0.717) is 28.7 Å². The average Bonchev–Trinajstić information content (AvgIpc) is 2.43. The Bertz CT molecular complexity index is 466. The van der Waals surface area contributed by atoms with E-state index in [-0.39, 0.29) is 5.91 Å². The number of rotatable bonds is 4. The van der Waals surface area contributed by atoms with Gasteiger partial charge in [0.2, 0.25) is 5.91 Å². The van der Waals surface area contributed by atoms with Crippen molar-refractivity contribution in [3.63, 3.8) is 0 Å². The number of hydrogen-bond donors (Lipinski definition) is 1. The van der Waals surface area contributed by atoms with Crippen LogP contribution in [0.1, 0.15) is 33.1 Å². The van der Waals surface area contributed by atoms with E-state index in [4.69, 9.17) is 11.6 Å². The second-order valence-electron chi connectivity index (χ2n) is 5.66. The fourth-order valence-corrected chi connectivity index (χ4v) is 3.79. The summed E-state index contributed by atoms with van der Waals surface area (Å²) >= 11 is 7.59. The highest BCUT2D eigenvalue weighted by atomic mass is 35.5. The topological polar surface area (TPSA) is 29.1 Å². The molecule has 2 rings (SSSR count). The standard InChI is InChI=1S/C16H22ClNOS/c1-11-6-5-8-14(12(11)2)18-16(19)10-20-15-9-4-3-7-13(15)17/h3-4,7,9,11-12,14H,5-6,8,10H2,1-2H3,(H,18,19)/t11-,12+,14-/m1/s1. The zero-order valence-corrected chi connectivity index (χ0v) is 13.6. The molecule has 1 saturated carbocycles. The lowest BCUT2D eigenvalue weighted by molar-refractivity contribution is -0.119. The Morgan fingerprint density at radius 2 is 2.10 bits per heavy atom. The Balaban J connectivity index is 1.82. The molecule has 0 heterocycles. The monoisotopic (exact) mass is 311 g/mol. The normalized spacial score (nSPS) is 26.2. The van der Waals surface area contributed by atoms with Gasteiger partial charge in [0.25, 0.3) is 0 Å². The van der Waals surface area contributed by atoms with Gasteiger partial charge in [-0.15, -0.1) is 11.8 Å². The summed E-state index contributed by atoms with van der Waals surface area (Å²) in [5.41, 5.74) is 0. The molecule has 2 nitrogen and oxygen atoms in total. The summed E-state index contributed by atoms with van der Waals surface area (Å²) in [5, 5.41) is 3.90. The van der Waals surface area contributed by atoms with Crippen LogP contribution in [0.5, 0.6) is 0 Å². The predicted octanol–water partition coefficient (Wildman–Crippen LogP) is 4.37. The molecule has 1 N–H and O–H groups in total. The Kier molecular flexibility index (Phi) is 5.79. The number of amides is 1. The van der Waals surface area contributed by atoms with E-state index >= 15 is 0 Å². The van der Waals surface area contributed by atoms with Crippen molar-refractivity contribution >= 4 is 29.3 Å². The predicted molar refractivity (Wildman–Crippen MR) is 86.3 cm³/mol. The average molecular weight is 312 g/mol. The van der Waals surface area contributed by atoms with E-state index in [1.54, 1.807) is 0 Å². The molecule has 1 amide bonds. The fourth-order valence-electron chi connectivity index (χ4n) is 2.74. The van der Waals surface area contributed by atoms with Gasteiger partial charge >= 0.3 is 0 Å². The van der Waals surface area contributed by atoms with Crippen LogP contribution in [0.2, 0.25) is 5.02 Å². The second kappa shape index (κ2) is 7.37. The summed E-state index contributed by atoms with van der Waals surface area (Å²) in [5.74, 6) is 1.81. The van der Waals surface area contributed by atoms with Crippen molar-refractivity contribution in [1.29, 1.82) is 0 Å². The lowest BCUT2D eigenvalue weighted by Gasteiger charge is -2.34. The quantitative estimate of drug-likeness (QED) is 0.836. The molecule has 0 bridgehead atoms. The molecule has 1 aromatic carbocycles. The van der Waals surface area contributed by atoms with Crippen molar-refractivity contribution in [1.82, 2.24) is 5.32 Å². The van der Waals surface area contributed by atoms with Crippen molar-refractivity contribution in [2.24, 2.45) is 11.8 Å². The summed E-state index contributed by atoms with van der Waals surface area (Å²) in [4.78, 5) is 13.0. The van der Waals surface area contributed by atoms with E-state index in [1.165, 1.54) is 24.6 Å². The Morgan fingerprint density at radius 1 is 1.35 bits per heavy atom. The van der Waals surface area contributed by atoms with Gasteiger partial charge in [0.05, 0.1) is 10.8 Å². The minimum atomic E-state index is 0.112. The number of hydrogen-bond acceptors (Lipinski definition) is 2. The van der Waals surface area contributed by atoms with Crippen molar-refractivity contribution < 1.29 is 4.79 Å². The summed E-state index contributed by atoms with van der Waals surface area (Å²) in [6, 6.07) is 7.98. The van der Waals surface area contributed by atoms with Crippen LogP contribution < -0.4 is 5.32 Å². The zero-order valence-electron chi connectivity index (χ0n) is 12.1. The molecule has 1 fully saturated rings. The third-order valence-corrected chi connectivity index (χ3v) is 5.76. The minimum Gasteiger partial charge on any atom is -0.352 e. The van der Waals surface area contributed by atoms with E-state index in [0.717, 1.165) is 11.3 Å². The van der Waals surface area contributed by atoms with E-state index < -0.39 is 0 Å². The van der Waals surface area contributed by atoms with Gasteiger partial charge in [0.1, 0.15) is 0 Å². The number of thioether (sulfide) groups is 1. The van der Waals surface area contributed by atoms with Gasteiger partial charge in [-0.05, 0) is 30.4 Å². The first kappa shape index (κ1) is 15.7. The number of nitrogens with one attached hydrogen (secondary N) is 1. The number of benzene rings is 1. The van der Waals surface area contributed by atoms with Crippen LogP contribution in [-0.2, 0) is 4.79 Å². The van der Waals surface area contributed by atoms with Crippen molar-refractivity contribution in [3.05, 3.63) is 29.3 Å². The maximum atomic E-state index is 12.1. The third kappa shape index (κ3) is 4.16. The molecule has 4 heteroatoms. The fraction of sp³-hybridized carbons (Fsp3) is 0.562. The maximum Gasteiger partial charge on any atom is 0.230 e. The highest BCUT2D eigenvalue weighted by Crippen LogP contribution is 2.30. The largest absolute Gasteiger partial charge is 0.352 e. The molecule has 0 spiro atoms. The lowest BCUT2D eigenvalue weighted by atomic mass is 9.78. The number of carbonyl (C=O) groups is 1. The highest BCUT2D eigenvalue weighted by Gasteiger charge is 2.27. The van der Waals surface area contributed by atoms with Crippen LogP contribution in [0.15, 0.2) is 29.2 Å². The molecule has 1 aliphatic carbocycles. The molecule has 3 atom stereocenters. The molecule has 0 saturated heterocycles. The molecule has 0 unspecified atom stereocenters. The Morgan fingerprint density at radius 3 is 2.85 bits per heavy atom. The Labute approximate surface area is 130 Å². The summed E-state index contributed by atoms with van der Waals surface area (Å²) < 4.78 is 0. The Hall–Kier alpha value is -0.670. The highest BCUT2D eigenvalue weighted by molar-refractivity contribution is 8.00. The molecule has 0 aromatic heterocycles. The van der Waals surface area contributed by atoms with Crippen LogP contribution in [0, 0.1) is 11.8 Å². The first-order chi connectivity index (χ1) is 9.58. The van der Waals surface area contributed by atoms with Crippen LogP contribution in [-0.4, -0.2) is 17.7 Å². The third-order valence-electron chi connectivity index (χ3n) is 4.25. The molecule has 110 valence electrons. The summed E-state index contributed by atoms with van der Waals surface area (Å²) in [7, 11) is 0. The summed E-state index contributed by atoms with van der Waals surface area (Å²) in [6.45, 7) is 4.53. The molecule has 1 aromatic rings. The first-order valence-electron chi connectivity index (χ1n) is 7.24. The molecular formula is C16H22ClNOS. The SMILES string of the molecule is C[C@H]1[C@H](C)CCC[C@H]1NC(=O)CSc1ccccc1Cl. The minimum absolute atomic E-state index is 0.112. The van der Waals surface area contributed by atoms with E-state index in [9.17, 15) is 4.79 Å². The lowest BCUT2D eigenvalue weighted by Crippen LogP contribution is -2.44. The van der Waals surface area contributed by atoms with Gasteiger partial charge in [-0.2, -0.15) is 0 Å². The molecule has 1 aliphatic rings. The van der Waals surface area contributed by atoms with Crippen molar-refractivity contribution in [2.45, 2.75) is 44.0 Å². The van der Waals surface area contributed by atoms with Crippen LogP contribution >= 0.6 is 23.4 Å². The second-order valence-corrected chi connectivity index (χ2v) is 7.08. The molecule has 20 heavy (non-hydrogen) atoms. The number of halogens is 1. The van der Waals surface area contributed by atoms with Crippen LogP contribution in [0.25, 0.3) is 0 Å². The van der Waals surface area contributed by atoms with Gasteiger partial charge in [0.15, 0.2) is 0 Å². The maximum absolute atomic E-state index is 12.1. The van der Waals surface area contributed by atoms with Crippen molar-refractivity contribution in [3.8, 4) is 0 Å². The van der Waals surface area contributed by atoms with Gasteiger partial charge in [-0.3, -0.25) is 4.79 Å². The van der Waals surface area contributed by atoms with Crippen LogP contribution in [0.3, 0.4) is 0 Å². The van der Waals surface area contributed by atoms with Gasteiger partial charge < -0.3 is 5.32 Å². The summed E-state index contributed by atoms with van der Waals surface area (Å²) in [6.07, 6.45) is 3.60.